The third-order valence-electron chi connectivity index (χ3n) is 6.19. The summed E-state index contributed by atoms with van der Waals surface area (Å²) in [7, 11) is -1.54. The van der Waals surface area contributed by atoms with E-state index in [1.54, 1.807) is 13.1 Å². The van der Waals surface area contributed by atoms with Gasteiger partial charge < -0.3 is 24.4 Å². The van der Waals surface area contributed by atoms with Crippen molar-refractivity contribution in [1.82, 2.24) is 19.8 Å². The third-order valence-corrected chi connectivity index (χ3v) is 6.92. The minimum atomic E-state index is -3.19. The molecule has 1 amide bonds. The average Bonchev–Trinajstić information content (AvgIpc) is 3.47. The van der Waals surface area contributed by atoms with Crippen LogP contribution in [-0.2, 0) is 24.3 Å². The number of likely N-dealkylation sites (tertiary alicyclic amines) is 1. The second-order valence-corrected chi connectivity index (χ2v) is 11.3. The summed E-state index contributed by atoms with van der Waals surface area (Å²) in [5.74, 6) is -1.73. The molecular formula is C28H33N5O9S. The lowest BCUT2D eigenvalue weighted by Gasteiger charge is -2.32. The molecule has 1 aromatic heterocycles. The zero-order chi connectivity index (χ0) is 31.4. The van der Waals surface area contributed by atoms with Crippen LogP contribution in [0.3, 0.4) is 0 Å². The Morgan fingerprint density at radius 3 is 2.26 bits per heavy atom. The smallest absolute Gasteiger partial charge is 0.414 e. The van der Waals surface area contributed by atoms with E-state index in [1.165, 1.54) is 4.90 Å². The summed E-state index contributed by atoms with van der Waals surface area (Å²) in [5, 5.41) is 19.7. The number of amides is 1. The van der Waals surface area contributed by atoms with E-state index >= 15 is 0 Å². The molecule has 1 aliphatic rings. The Bertz CT molecular complexity index is 1500. The van der Waals surface area contributed by atoms with Crippen LogP contribution in [-0.4, -0.2) is 97.3 Å². The van der Waals surface area contributed by atoms with Gasteiger partial charge in [0.05, 0.1) is 17.5 Å². The highest BCUT2D eigenvalue weighted by atomic mass is 32.2. The Morgan fingerprint density at radius 1 is 1.05 bits per heavy atom. The molecule has 3 N–H and O–H groups in total. The van der Waals surface area contributed by atoms with Crippen molar-refractivity contribution in [2.75, 3.05) is 44.4 Å². The van der Waals surface area contributed by atoms with Crippen molar-refractivity contribution in [3.8, 4) is 22.8 Å². The summed E-state index contributed by atoms with van der Waals surface area (Å²) in [5.41, 5.74) is 2.08. The molecule has 0 radical (unpaired) electrons. The number of carboxylic acids is 2. The van der Waals surface area contributed by atoms with Crippen LogP contribution < -0.4 is 9.62 Å². The molecule has 1 fully saturated rings. The number of piperidine rings is 1. The molecule has 2 heterocycles. The van der Waals surface area contributed by atoms with Gasteiger partial charge >= 0.3 is 18.0 Å². The highest BCUT2D eigenvalue weighted by Gasteiger charge is 2.26. The van der Waals surface area contributed by atoms with Crippen LogP contribution in [0, 0.1) is 0 Å². The second-order valence-electron chi connectivity index (χ2n) is 9.47. The number of aromatic nitrogens is 2. The summed E-state index contributed by atoms with van der Waals surface area (Å²) < 4.78 is 36.2. The van der Waals surface area contributed by atoms with Crippen LogP contribution in [0.5, 0.6) is 0 Å². The number of carbonyl (C=O) groups excluding carboxylic acids is 1. The molecule has 0 spiro atoms. The summed E-state index contributed by atoms with van der Waals surface area (Å²) in [6.07, 6.45) is 2.97. The lowest BCUT2D eigenvalue weighted by atomic mass is 10.1. The number of carboxylic acid groups (broad SMARTS) is 2. The maximum Gasteiger partial charge on any atom is 0.414 e. The summed E-state index contributed by atoms with van der Waals surface area (Å²) >= 11 is 0. The van der Waals surface area contributed by atoms with Crippen molar-refractivity contribution < 1.29 is 42.3 Å². The average molecular weight is 616 g/mol. The Hall–Kier alpha value is -4.60. The normalized spacial score (nSPS) is 14.1. The Labute approximate surface area is 248 Å². The van der Waals surface area contributed by atoms with Crippen molar-refractivity contribution in [1.29, 1.82) is 0 Å². The van der Waals surface area contributed by atoms with Crippen molar-refractivity contribution in [2.45, 2.75) is 18.9 Å². The summed E-state index contributed by atoms with van der Waals surface area (Å²) in [6, 6.07) is 16.8. The first-order valence-corrected chi connectivity index (χ1v) is 15.1. The first-order chi connectivity index (χ1) is 20.4. The molecule has 3 aromatic rings. The number of aliphatic carboxylic acids is 2. The highest BCUT2D eigenvalue weighted by molar-refractivity contribution is 7.88. The molecule has 4 rings (SSSR count). The van der Waals surface area contributed by atoms with Crippen LogP contribution in [0.15, 0.2) is 71.3 Å². The van der Waals surface area contributed by atoms with E-state index in [0.717, 1.165) is 24.9 Å². The number of ether oxygens (including phenoxy) is 1. The van der Waals surface area contributed by atoms with Crippen molar-refractivity contribution in [2.24, 2.45) is 0 Å². The summed E-state index contributed by atoms with van der Waals surface area (Å²) in [6.45, 7) is 2.45. The van der Waals surface area contributed by atoms with E-state index in [1.807, 2.05) is 48.5 Å². The third kappa shape index (κ3) is 11.0. The van der Waals surface area contributed by atoms with Gasteiger partial charge in [-0.15, -0.1) is 0 Å². The minimum Gasteiger partial charge on any atom is -0.478 e. The Balaban J connectivity index is 0.000000557. The molecule has 1 aliphatic heterocycles. The lowest BCUT2D eigenvalue weighted by molar-refractivity contribution is -0.134. The number of carbonyl (C=O) groups is 3. The Morgan fingerprint density at radius 2 is 1.65 bits per heavy atom. The van der Waals surface area contributed by atoms with Crippen LogP contribution in [0.25, 0.3) is 22.8 Å². The largest absolute Gasteiger partial charge is 0.478 e. The SMILES string of the molecule is CN(C(=O)OC1CCN(CCNS(C)(=O)=O)CC1)c1ccccc1-c1nc(-c2ccccc2)no1.O=C(O)C=CC(=O)O. The van der Waals surface area contributed by atoms with Gasteiger partial charge in [-0.25, -0.2) is 27.5 Å². The highest BCUT2D eigenvalue weighted by Crippen LogP contribution is 2.31. The molecule has 43 heavy (non-hydrogen) atoms. The van der Waals surface area contributed by atoms with Crippen molar-refractivity contribution >= 4 is 33.7 Å². The zero-order valence-corrected chi connectivity index (χ0v) is 24.4. The maximum atomic E-state index is 12.9. The van der Waals surface area contributed by atoms with E-state index in [-0.39, 0.29) is 6.10 Å². The van der Waals surface area contributed by atoms with Gasteiger partial charge in [-0.1, -0.05) is 47.6 Å². The molecule has 230 valence electrons. The molecule has 0 atom stereocenters. The number of para-hydroxylation sites is 1. The zero-order valence-electron chi connectivity index (χ0n) is 23.6. The number of nitrogens with zero attached hydrogens (tertiary/aromatic N) is 4. The van der Waals surface area contributed by atoms with Crippen molar-refractivity contribution in [3.63, 3.8) is 0 Å². The number of rotatable bonds is 10. The van der Waals surface area contributed by atoms with Crippen LogP contribution in [0.2, 0.25) is 0 Å². The lowest BCUT2D eigenvalue weighted by Crippen LogP contribution is -2.42. The maximum absolute atomic E-state index is 12.9. The predicted molar refractivity (Wildman–Crippen MR) is 157 cm³/mol. The van der Waals surface area contributed by atoms with Crippen LogP contribution in [0.4, 0.5) is 10.5 Å². The predicted octanol–water partition coefficient (Wildman–Crippen LogP) is 2.70. The molecule has 2 aromatic carbocycles. The van der Waals surface area contributed by atoms with Gasteiger partial charge in [0.1, 0.15) is 6.10 Å². The quantitative estimate of drug-likeness (QED) is 0.283. The minimum absolute atomic E-state index is 0.204. The Kier molecular flexibility index (Phi) is 11.9. The summed E-state index contributed by atoms with van der Waals surface area (Å²) in [4.78, 5) is 40.2. The van der Waals surface area contributed by atoms with Crippen LogP contribution in [0.1, 0.15) is 12.8 Å². The molecular weight excluding hydrogens is 582 g/mol. The number of hydrogen-bond acceptors (Lipinski definition) is 10. The van der Waals surface area contributed by atoms with Gasteiger partial charge in [0.25, 0.3) is 5.89 Å². The fourth-order valence-electron chi connectivity index (χ4n) is 4.09. The standard InChI is InChI=1S/C24H29N5O5S.C4H4O4/c1-28(24(30)33-19-12-15-29(16-13-19)17-14-25-35(2,31)32)21-11-7-6-10-20(21)23-26-22(27-34-23)18-8-4-3-5-9-18;5-3(6)1-2-4(7)8/h3-11,19,25H,12-17H2,1-2H3;1-2H,(H,5,6)(H,7,8). The molecule has 0 unspecified atom stereocenters. The first-order valence-electron chi connectivity index (χ1n) is 13.2. The number of nitrogens with one attached hydrogen (secondary N) is 1. The molecule has 14 nitrogen and oxygen atoms in total. The molecule has 15 heteroatoms. The van der Waals surface area contributed by atoms with Gasteiger partial charge in [-0.2, -0.15) is 4.98 Å². The van der Waals surface area contributed by atoms with E-state index in [0.29, 0.717) is 61.0 Å². The van der Waals surface area contributed by atoms with Crippen LogP contribution >= 0.6 is 0 Å². The van der Waals surface area contributed by atoms with Gasteiger partial charge in [0.15, 0.2) is 0 Å². The van der Waals surface area contributed by atoms with E-state index in [9.17, 15) is 22.8 Å². The number of anilines is 1. The topological polar surface area (TPSA) is 192 Å². The van der Waals surface area contributed by atoms with Gasteiger partial charge in [-0.05, 0) is 25.0 Å². The molecule has 0 bridgehead atoms. The van der Waals surface area contributed by atoms with Gasteiger partial charge in [0.2, 0.25) is 15.8 Å². The number of benzene rings is 2. The number of hydrogen-bond donors (Lipinski definition) is 3. The molecule has 0 saturated carbocycles. The van der Waals surface area contributed by atoms with Gasteiger partial charge in [0, 0.05) is 50.9 Å². The molecule has 1 saturated heterocycles. The molecule has 0 aliphatic carbocycles. The van der Waals surface area contributed by atoms with E-state index in [4.69, 9.17) is 19.5 Å². The fourth-order valence-corrected chi connectivity index (χ4v) is 4.55. The first kappa shape index (κ1) is 32.9. The van der Waals surface area contributed by atoms with E-state index < -0.39 is 28.1 Å². The van der Waals surface area contributed by atoms with Gasteiger partial charge in [-0.3, -0.25) is 4.90 Å². The second kappa shape index (κ2) is 15.6. The monoisotopic (exact) mass is 615 g/mol. The number of sulfonamides is 1. The van der Waals surface area contributed by atoms with E-state index in [2.05, 4.69) is 19.8 Å². The fraction of sp³-hybridized carbons (Fsp3) is 0.321. The van der Waals surface area contributed by atoms with Crippen molar-refractivity contribution in [3.05, 3.63) is 66.7 Å².